The van der Waals surface area contributed by atoms with Gasteiger partial charge in [0, 0.05) is 48.9 Å². The minimum atomic E-state index is -0.643. The molecular formula is C30H29N3O3. The van der Waals surface area contributed by atoms with Crippen molar-refractivity contribution < 1.29 is 14.4 Å². The van der Waals surface area contributed by atoms with Crippen molar-refractivity contribution in [1.82, 2.24) is 15.0 Å². The fourth-order valence-corrected chi connectivity index (χ4v) is 4.37. The number of hydrogen-bond acceptors (Lipinski definition) is 6. The van der Waals surface area contributed by atoms with Crippen LogP contribution in [0.5, 0.6) is 0 Å². The van der Waals surface area contributed by atoms with E-state index in [2.05, 4.69) is 51.1 Å². The van der Waals surface area contributed by atoms with E-state index in [0.717, 1.165) is 66.4 Å². The van der Waals surface area contributed by atoms with Crippen LogP contribution in [-0.2, 0) is 17.7 Å². The summed E-state index contributed by atoms with van der Waals surface area (Å²) in [5, 5.41) is 14.2. The number of pyridine rings is 1. The Bertz CT molecular complexity index is 1340. The Morgan fingerprint density at radius 1 is 0.972 bits per heavy atom. The molecular weight excluding hydrogens is 450 g/mol. The average molecular weight is 480 g/mol. The molecule has 1 unspecified atom stereocenters. The zero-order valence-electron chi connectivity index (χ0n) is 20.4. The van der Waals surface area contributed by atoms with Crippen LogP contribution in [0.25, 0.3) is 11.1 Å². The van der Waals surface area contributed by atoms with Crippen LogP contribution in [-0.4, -0.2) is 46.5 Å². The van der Waals surface area contributed by atoms with Crippen LogP contribution in [0.15, 0.2) is 77.6 Å². The molecule has 2 aromatic carbocycles. The van der Waals surface area contributed by atoms with Crippen molar-refractivity contribution >= 4 is 0 Å². The summed E-state index contributed by atoms with van der Waals surface area (Å²) in [5.41, 5.74) is 7.56. The third-order valence-electron chi connectivity index (χ3n) is 6.33. The molecule has 3 heterocycles. The summed E-state index contributed by atoms with van der Waals surface area (Å²) in [4.78, 5) is 6.73. The maximum absolute atomic E-state index is 10.0. The Kier molecular flexibility index (Phi) is 7.53. The van der Waals surface area contributed by atoms with Gasteiger partial charge in [-0.05, 0) is 53.9 Å². The Balaban J connectivity index is 1.25. The second-order valence-corrected chi connectivity index (χ2v) is 8.99. The summed E-state index contributed by atoms with van der Waals surface area (Å²) in [6.07, 6.45) is 3.24. The molecule has 0 saturated carbocycles. The van der Waals surface area contributed by atoms with Crippen LogP contribution in [0.4, 0.5) is 0 Å². The molecule has 36 heavy (non-hydrogen) atoms. The van der Waals surface area contributed by atoms with E-state index < -0.39 is 6.10 Å². The molecule has 182 valence electrons. The molecule has 5 rings (SSSR count). The van der Waals surface area contributed by atoms with Crippen molar-refractivity contribution in [2.75, 3.05) is 26.3 Å². The molecule has 6 nitrogen and oxygen atoms in total. The molecule has 0 amide bonds. The maximum atomic E-state index is 10.0. The summed E-state index contributed by atoms with van der Waals surface area (Å²) >= 11 is 0. The highest BCUT2D eigenvalue weighted by molar-refractivity contribution is 5.66. The zero-order chi connectivity index (χ0) is 24.7. The second kappa shape index (κ2) is 11.3. The molecule has 0 bridgehead atoms. The van der Waals surface area contributed by atoms with Crippen molar-refractivity contribution in [3.05, 3.63) is 107 Å². The first kappa shape index (κ1) is 24.0. The molecule has 4 aromatic rings. The van der Waals surface area contributed by atoms with Crippen LogP contribution in [0.2, 0.25) is 0 Å². The first-order valence-corrected chi connectivity index (χ1v) is 12.2. The summed E-state index contributed by atoms with van der Waals surface area (Å²) < 4.78 is 10.7. The van der Waals surface area contributed by atoms with Gasteiger partial charge in [-0.2, -0.15) is 0 Å². The van der Waals surface area contributed by atoms with Gasteiger partial charge in [-0.25, -0.2) is 0 Å². The number of aliphatic hydroxyl groups is 1. The van der Waals surface area contributed by atoms with Gasteiger partial charge in [0.05, 0.1) is 30.7 Å². The van der Waals surface area contributed by atoms with E-state index in [9.17, 15) is 5.11 Å². The largest absolute Gasteiger partial charge is 0.387 e. The van der Waals surface area contributed by atoms with Gasteiger partial charge in [0.15, 0.2) is 0 Å². The molecule has 1 fully saturated rings. The predicted molar refractivity (Wildman–Crippen MR) is 138 cm³/mol. The molecule has 2 aromatic heterocycles. The van der Waals surface area contributed by atoms with Crippen molar-refractivity contribution in [2.45, 2.75) is 26.0 Å². The minimum Gasteiger partial charge on any atom is -0.387 e. The van der Waals surface area contributed by atoms with Crippen molar-refractivity contribution in [3.63, 3.8) is 0 Å². The van der Waals surface area contributed by atoms with Crippen LogP contribution < -0.4 is 0 Å². The van der Waals surface area contributed by atoms with E-state index >= 15 is 0 Å². The molecule has 1 N–H and O–H groups in total. The van der Waals surface area contributed by atoms with Gasteiger partial charge in [0.1, 0.15) is 6.26 Å². The molecule has 1 atom stereocenters. The van der Waals surface area contributed by atoms with Crippen molar-refractivity contribution in [2.24, 2.45) is 0 Å². The SMILES string of the molecule is CC(O)c1ncccc1Cc1nocc1-c1ccc(C#Cc2ccc(CN3CCOCC3)cc2)cc1. The standard InChI is InChI=1S/C30H29N3O3/c1-22(34)30-27(3-2-14-31-30)19-29-28(21-36-32-29)26-12-10-24(11-13-26)5-4-23-6-8-25(9-7-23)20-33-15-17-35-18-16-33/h2-3,6-14,21-22,34H,15-20H2,1H3. The second-order valence-electron chi connectivity index (χ2n) is 8.99. The number of nitrogens with zero attached hydrogens (tertiary/aromatic N) is 3. The number of hydrogen-bond donors (Lipinski definition) is 1. The Morgan fingerprint density at radius 3 is 2.36 bits per heavy atom. The lowest BCUT2D eigenvalue weighted by Gasteiger charge is -2.26. The quantitative estimate of drug-likeness (QED) is 0.407. The van der Waals surface area contributed by atoms with Crippen molar-refractivity contribution in [1.29, 1.82) is 0 Å². The Hall–Kier alpha value is -3.76. The van der Waals surface area contributed by atoms with E-state index in [-0.39, 0.29) is 0 Å². The molecule has 0 radical (unpaired) electrons. The van der Waals surface area contributed by atoms with E-state index in [0.29, 0.717) is 12.1 Å². The molecule has 6 heteroatoms. The molecule has 0 spiro atoms. The molecule has 0 aliphatic carbocycles. The van der Waals surface area contributed by atoms with Gasteiger partial charge in [-0.1, -0.05) is 47.3 Å². The van der Waals surface area contributed by atoms with E-state index in [1.54, 1.807) is 19.4 Å². The lowest BCUT2D eigenvalue weighted by atomic mass is 9.99. The highest BCUT2D eigenvalue weighted by atomic mass is 16.5. The Morgan fingerprint density at radius 2 is 1.67 bits per heavy atom. The predicted octanol–water partition coefficient (Wildman–Crippen LogP) is 4.61. The smallest absolute Gasteiger partial charge is 0.131 e. The minimum absolute atomic E-state index is 0.531. The molecule has 1 aliphatic heterocycles. The normalized spacial score (nSPS) is 14.7. The van der Waals surface area contributed by atoms with Gasteiger partial charge < -0.3 is 14.4 Å². The summed E-state index contributed by atoms with van der Waals surface area (Å²) in [6, 6.07) is 20.4. The van der Waals surface area contributed by atoms with E-state index in [1.165, 1.54) is 5.56 Å². The van der Waals surface area contributed by atoms with E-state index in [4.69, 9.17) is 9.26 Å². The van der Waals surface area contributed by atoms with Gasteiger partial charge in [-0.3, -0.25) is 9.88 Å². The summed E-state index contributed by atoms with van der Waals surface area (Å²) in [5.74, 6) is 6.52. The van der Waals surface area contributed by atoms with Crippen LogP contribution in [0.1, 0.15) is 46.7 Å². The fraction of sp³-hybridized carbons (Fsp3) is 0.267. The zero-order valence-corrected chi connectivity index (χ0v) is 20.4. The maximum Gasteiger partial charge on any atom is 0.131 e. The van der Waals surface area contributed by atoms with Gasteiger partial charge in [0.2, 0.25) is 0 Å². The number of aliphatic hydroxyl groups excluding tert-OH is 1. The average Bonchev–Trinajstić information content (AvgIpc) is 3.37. The molecule has 1 saturated heterocycles. The van der Waals surface area contributed by atoms with E-state index in [1.807, 2.05) is 36.4 Å². The Labute approximate surface area is 211 Å². The third kappa shape index (κ3) is 5.89. The number of ether oxygens (including phenoxy) is 1. The number of aromatic nitrogens is 2. The lowest BCUT2D eigenvalue weighted by Crippen LogP contribution is -2.35. The summed E-state index contributed by atoms with van der Waals surface area (Å²) in [7, 11) is 0. The van der Waals surface area contributed by atoms with Crippen LogP contribution in [0.3, 0.4) is 0 Å². The fourth-order valence-electron chi connectivity index (χ4n) is 4.37. The highest BCUT2D eigenvalue weighted by Gasteiger charge is 2.15. The first-order valence-electron chi connectivity index (χ1n) is 12.2. The van der Waals surface area contributed by atoms with Gasteiger partial charge >= 0.3 is 0 Å². The summed E-state index contributed by atoms with van der Waals surface area (Å²) in [6.45, 7) is 6.27. The lowest BCUT2D eigenvalue weighted by molar-refractivity contribution is 0.0342. The highest BCUT2D eigenvalue weighted by Crippen LogP contribution is 2.27. The monoisotopic (exact) mass is 479 g/mol. The number of rotatable bonds is 6. The third-order valence-corrected chi connectivity index (χ3v) is 6.33. The van der Waals surface area contributed by atoms with Gasteiger partial charge in [0.25, 0.3) is 0 Å². The van der Waals surface area contributed by atoms with Gasteiger partial charge in [-0.15, -0.1) is 0 Å². The number of benzene rings is 2. The topological polar surface area (TPSA) is 71.6 Å². The molecule has 1 aliphatic rings. The van der Waals surface area contributed by atoms with Crippen LogP contribution in [0, 0.1) is 11.8 Å². The number of morpholine rings is 1. The van der Waals surface area contributed by atoms with Crippen molar-refractivity contribution in [3.8, 4) is 23.0 Å². The van der Waals surface area contributed by atoms with Crippen LogP contribution >= 0.6 is 0 Å². The first-order chi connectivity index (χ1) is 17.7.